The first-order valence-electron chi connectivity index (χ1n) is 10.1. The van der Waals surface area contributed by atoms with Gasteiger partial charge in [-0.05, 0) is 49.8 Å². The summed E-state index contributed by atoms with van der Waals surface area (Å²) in [4.78, 5) is 0. The van der Waals surface area contributed by atoms with Crippen molar-refractivity contribution in [3.05, 3.63) is 29.3 Å². The zero-order valence-electron chi connectivity index (χ0n) is 17.6. The fraction of sp³-hybridized carbons (Fsp3) is 0.714. The maximum absolute atomic E-state index is 11.0. The zero-order chi connectivity index (χ0) is 19.4. The Balaban J connectivity index is 0.00000676. The topological polar surface area (TPSA) is 66.4 Å². The number of hydrogen-bond donors (Lipinski definition) is 0. The van der Waals surface area contributed by atoms with Gasteiger partial charge < -0.3 is 9.29 Å². The van der Waals surface area contributed by atoms with Crippen molar-refractivity contribution in [2.75, 3.05) is 5.75 Å². The summed E-state index contributed by atoms with van der Waals surface area (Å²) in [5.74, 6) is 0.244. The number of rotatable bonds is 14. The van der Waals surface area contributed by atoms with Crippen molar-refractivity contribution >= 4 is 10.1 Å². The summed E-state index contributed by atoms with van der Waals surface area (Å²) >= 11 is 0. The fourth-order valence-electron chi connectivity index (χ4n) is 3.25. The third kappa shape index (κ3) is 12.2. The van der Waals surface area contributed by atoms with E-state index >= 15 is 0 Å². The zero-order valence-corrected chi connectivity index (χ0v) is 20.4. The number of benzene rings is 1. The molecule has 0 N–H and O–H groups in total. The van der Waals surface area contributed by atoms with E-state index in [1.807, 2.05) is 12.1 Å². The minimum Gasteiger partial charge on any atom is -0.748 e. The van der Waals surface area contributed by atoms with Crippen LogP contribution in [0.15, 0.2) is 18.2 Å². The Labute approximate surface area is 188 Å². The predicted molar refractivity (Wildman–Crippen MR) is 107 cm³/mol. The summed E-state index contributed by atoms with van der Waals surface area (Å²) in [6, 6.07) is 6.03. The second-order valence-electron chi connectivity index (χ2n) is 7.17. The molecule has 0 aliphatic rings. The van der Waals surface area contributed by atoms with Gasteiger partial charge in [0.2, 0.25) is 0 Å². The average Bonchev–Trinajstić information content (AvgIpc) is 2.55. The van der Waals surface area contributed by atoms with Gasteiger partial charge in [-0.2, -0.15) is 0 Å². The quantitative estimate of drug-likeness (QED) is 0.270. The summed E-state index contributed by atoms with van der Waals surface area (Å²) in [6.07, 6.45) is 10.9. The number of ether oxygens (including phenoxy) is 1. The molecule has 0 aromatic heterocycles. The molecule has 0 bridgehead atoms. The largest absolute Gasteiger partial charge is 1.00 e. The molecule has 0 saturated heterocycles. The SMILES string of the molecule is CCCCCCc1cccc(OC(C)CS(=O)(=O)[O-])c1CCCCCC.[Na+]. The van der Waals surface area contributed by atoms with Crippen LogP contribution in [-0.2, 0) is 23.0 Å². The molecule has 0 amide bonds. The Hall–Kier alpha value is -0.0700. The van der Waals surface area contributed by atoms with E-state index in [2.05, 4.69) is 19.9 Å². The minimum atomic E-state index is -4.29. The second kappa shape index (κ2) is 14.9. The smallest absolute Gasteiger partial charge is 0.748 e. The maximum atomic E-state index is 11.0. The van der Waals surface area contributed by atoms with Crippen LogP contribution in [0.5, 0.6) is 5.75 Å². The molecule has 1 unspecified atom stereocenters. The summed E-state index contributed by atoms with van der Waals surface area (Å²) in [7, 11) is -4.29. The van der Waals surface area contributed by atoms with Crippen LogP contribution in [0.1, 0.15) is 83.3 Å². The van der Waals surface area contributed by atoms with Crippen molar-refractivity contribution in [1.29, 1.82) is 0 Å². The molecular weight excluding hydrogens is 371 g/mol. The van der Waals surface area contributed by atoms with Crippen molar-refractivity contribution in [1.82, 2.24) is 0 Å². The van der Waals surface area contributed by atoms with Crippen molar-refractivity contribution in [2.45, 2.75) is 91.1 Å². The first kappa shape index (κ1) is 26.9. The van der Waals surface area contributed by atoms with Gasteiger partial charge in [0, 0.05) is 0 Å². The summed E-state index contributed by atoms with van der Waals surface area (Å²) in [5, 5.41) is 0. The third-order valence-corrected chi connectivity index (χ3v) is 5.45. The Bertz CT molecular complexity index is 617. The Morgan fingerprint density at radius 1 is 0.963 bits per heavy atom. The van der Waals surface area contributed by atoms with E-state index in [0.29, 0.717) is 0 Å². The van der Waals surface area contributed by atoms with Crippen LogP contribution in [0.4, 0.5) is 0 Å². The molecule has 4 nitrogen and oxygen atoms in total. The molecule has 150 valence electrons. The van der Waals surface area contributed by atoms with Crippen LogP contribution in [0, 0.1) is 0 Å². The third-order valence-electron chi connectivity index (χ3n) is 4.58. The van der Waals surface area contributed by atoms with E-state index in [1.54, 1.807) is 6.92 Å². The summed E-state index contributed by atoms with van der Waals surface area (Å²) in [5.41, 5.74) is 2.49. The van der Waals surface area contributed by atoms with Crippen LogP contribution in [0.3, 0.4) is 0 Å². The summed E-state index contributed by atoms with van der Waals surface area (Å²) < 4.78 is 38.9. The normalized spacial score (nSPS) is 12.4. The van der Waals surface area contributed by atoms with Crippen LogP contribution in [-0.4, -0.2) is 24.8 Å². The molecule has 0 saturated carbocycles. The van der Waals surface area contributed by atoms with Crippen molar-refractivity contribution in [3.63, 3.8) is 0 Å². The molecule has 0 spiro atoms. The van der Waals surface area contributed by atoms with Gasteiger partial charge in [-0.15, -0.1) is 0 Å². The number of unbranched alkanes of at least 4 members (excludes halogenated alkanes) is 6. The molecule has 0 aliphatic heterocycles. The maximum Gasteiger partial charge on any atom is 1.00 e. The van der Waals surface area contributed by atoms with E-state index in [1.165, 1.54) is 49.7 Å². The second-order valence-corrected chi connectivity index (χ2v) is 8.62. The van der Waals surface area contributed by atoms with Gasteiger partial charge in [-0.3, -0.25) is 0 Å². The first-order valence-corrected chi connectivity index (χ1v) is 11.7. The molecule has 27 heavy (non-hydrogen) atoms. The van der Waals surface area contributed by atoms with Gasteiger partial charge >= 0.3 is 29.6 Å². The molecule has 0 radical (unpaired) electrons. The first-order chi connectivity index (χ1) is 12.4. The molecule has 1 aromatic carbocycles. The van der Waals surface area contributed by atoms with Gasteiger partial charge in [0.1, 0.15) is 11.9 Å². The molecule has 6 heteroatoms. The molecular formula is C21H35NaO4S. The standard InChI is InChI=1S/C21H36O4S.Na/c1-4-6-8-10-13-19-14-12-16-21(20(19)15-11-9-7-5-2)25-18(3)17-26(22,23)24;/h12,14,16,18H,4-11,13,15,17H2,1-3H3,(H,22,23,24);/q;+1/p-1. The molecule has 1 rings (SSSR count). The van der Waals surface area contributed by atoms with Crippen molar-refractivity contribution in [2.24, 2.45) is 0 Å². The van der Waals surface area contributed by atoms with Crippen LogP contribution in [0.2, 0.25) is 0 Å². The Kier molecular flexibility index (Phi) is 14.8. The predicted octanol–water partition coefficient (Wildman–Crippen LogP) is 2.25. The average molecular weight is 407 g/mol. The van der Waals surface area contributed by atoms with Crippen LogP contribution in [0.25, 0.3) is 0 Å². The van der Waals surface area contributed by atoms with Crippen LogP contribution < -0.4 is 34.3 Å². The van der Waals surface area contributed by atoms with E-state index in [9.17, 15) is 13.0 Å². The molecule has 0 heterocycles. The molecule has 1 atom stereocenters. The number of aryl methyl sites for hydroxylation is 1. The molecule has 0 fully saturated rings. The minimum absolute atomic E-state index is 0. The van der Waals surface area contributed by atoms with Gasteiger partial charge in [0.05, 0.1) is 15.9 Å². The van der Waals surface area contributed by atoms with E-state index in [0.717, 1.165) is 31.4 Å². The Morgan fingerprint density at radius 2 is 1.56 bits per heavy atom. The van der Waals surface area contributed by atoms with E-state index < -0.39 is 22.0 Å². The molecule has 0 aliphatic carbocycles. The number of hydrogen-bond acceptors (Lipinski definition) is 4. The van der Waals surface area contributed by atoms with Crippen LogP contribution >= 0.6 is 0 Å². The molecule has 1 aromatic rings. The van der Waals surface area contributed by atoms with Gasteiger partial charge in [0.25, 0.3) is 0 Å². The van der Waals surface area contributed by atoms with E-state index in [-0.39, 0.29) is 29.6 Å². The van der Waals surface area contributed by atoms with E-state index in [4.69, 9.17) is 4.74 Å². The van der Waals surface area contributed by atoms with Gasteiger partial charge in [0.15, 0.2) is 0 Å². The van der Waals surface area contributed by atoms with Crippen molar-refractivity contribution < 1.29 is 47.3 Å². The van der Waals surface area contributed by atoms with Gasteiger partial charge in [-0.1, -0.05) is 64.5 Å². The summed E-state index contributed by atoms with van der Waals surface area (Å²) in [6.45, 7) is 6.05. The Morgan fingerprint density at radius 3 is 2.11 bits per heavy atom. The van der Waals surface area contributed by atoms with Crippen molar-refractivity contribution in [3.8, 4) is 5.75 Å². The fourth-order valence-corrected chi connectivity index (χ4v) is 3.89. The van der Waals surface area contributed by atoms with Gasteiger partial charge in [-0.25, -0.2) is 8.42 Å². The monoisotopic (exact) mass is 406 g/mol.